The van der Waals surface area contributed by atoms with Crippen molar-refractivity contribution in [3.63, 3.8) is 0 Å². The summed E-state index contributed by atoms with van der Waals surface area (Å²) in [5.74, 6) is 0.917. The number of ether oxygens (including phenoxy) is 2. The van der Waals surface area contributed by atoms with Crippen LogP contribution in [0.1, 0.15) is 32.6 Å². The van der Waals surface area contributed by atoms with E-state index in [0.29, 0.717) is 13.2 Å². The Balaban J connectivity index is 2.22. The fourth-order valence-corrected chi connectivity index (χ4v) is 2.22. The second-order valence-electron chi connectivity index (χ2n) is 4.63. The van der Waals surface area contributed by atoms with Crippen LogP contribution in [0, 0.1) is 5.92 Å². The predicted octanol–water partition coefficient (Wildman–Crippen LogP) is 1.69. The van der Waals surface area contributed by atoms with Gasteiger partial charge in [-0.2, -0.15) is 0 Å². The monoisotopic (exact) mass is 243 g/mol. The van der Waals surface area contributed by atoms with Crippen LogP contribution >= 0.6 is 0 Å². The summed E-state index contributed by atoms with van der Waals surface area (Å²) >= 11 is 0. The topological polar surface area (TPSA) is 38.8 Å². The summed E-state index contributed by atoms with van der Waals surface area (Å²) in [5, 5.41) is 0. The Labute approximate surface area is 104 Å². The molecule has 0 aromatic heterocycles. The molecule has 1 amide bonds. The molecule has 100 valence electrons. The van der Waals surface area contributed by atoms with Crippen molar-refractivity contribution in [2.75, 3.05) is 40.0 Å². The number of hydrogen-bond acceptors (Lipinski definition) is 3. The van der Waals surface area contributed by atoms with E-state index in [1.807, 2.05) is 4.90 Å². The maximum Gasteiger partial charge on any atom is 0.248 e. The molecule has 4 nitrogen and oxygen atoms in total. The normalized spacial score (nSPS) is 21.3. The molecule has 0 radical (unpaired) electrons. The zero-order valence-electron chi connectivity index (χ0n) is 11.1. The van der Waals surface area contributed by atoms with Gasteiger partial charge in [-0.15, -0.1) is 0 Å². The highest BCUT2D eigenvalue weighted by Gasteiger charge is 2.19. The number of rotatable bonds is 6. The molecule has 1 unspecified atom stereocenters. The van der Waals surface area contributed by atoms with E-state index in [2.05, 4.69) is 6.92 Å². The van der Waals surface area contributed by atoms with Crippen molar-refractivity contribution >= 4 is 5.91 Å². The minimum Gasteiger partial charge on any atom is -0.382 e. The molecule has 1 saturated heterocycles. The Bertz CT molecular complexity index is 221. The molecule has 0 aromatic carbocycles. The van der Waals surface area contributed by atoms with Crippen molar-refractivity contribution in [1.82, 2.24) is 4.90 Å². The first-order valence-corrected chi connectivity index (χ1v) is 6.62. The summed E-state index contributed by atoms with van der Waals surface area (Å²) in [6.45, 7) is 5.25. The van der Waals surface area contributed by atoms with E-state index in [1.54, 1.807) is 7.11 Å². The summed E-state index contributed by atoms with van der Waals surface area (Å²) in [7, 11) is 1.63. The summed E-state index contributed by atoms with van der Waals surface area (Å²) in [6, 6.07) is 0. The van der Waals surface area contributed by atoms with Crippen molar-refractivity contribution in [3.8, 4) is 0 Å². The average Bonchev–Trinajstić information content (AvgIpc) is 2.59. The zero-order chi connectivity index (χ0) is 12.5. The fourth-order valence-electron chi connectivity index (χ4n) is 2.22. The molecule has 1 heterocycles. The second-order valence-corrected chi connectivity index (χ2v) is 4.63. The van der Waals surface area contributed by atoms with E-state index in [-0.39, 0.29) is 12.5 Å². The number of likely N-dealkylation sites (tertiary alicyclic amines) is 1. The first kappa shape index (κ1) is 14.5. The summed E-state index contributed by atoms with van der Waals surface area (Å²) in [6.07, 6.45) is 4.75. The molecule has 1 fully saturated rings. The number of carbonyl (C=O) groups is 1. The minimum absolute atomic E-state index is 0.123. The van der Waals surface area contributed by atoms with Crippen LogP contribution in [-0.2, 0) is 14.3 Å². The summed E-state index contributed by atoms with van der Waals surface area (Å²) < 4.78 is 10.1. The lowest BCUT2D eigenvalue weighted by Crippen LogP contribution is -2.35. The van der Waals surface area contributed by atoms with Crippen LogP contribution in [0.2, 0.25) is 0 Å². The van der Waals surface area contributed by atoms with Gasteiger partial charge in [0, 0.05) is 20.2 Å². The standard InChI is InChI=1S/C13H25NO3/c1-3-12-5-4-7-14(8-6-12)13(15)11-17-10-9-16-2/h12H,3-11H2,1-2H3. The Morgan fingerprint density at radius 1 is 1.29 bits per heavy atom. The molecule has 1 aliphatic heterocycles. The van der Waals surface area contributed by atoms with E-state index >= 15 is 0 Å². The Kier molecular flexibility index (Phi) is 7.21. The first-order valence-electron chi connectivity index (χ1n) is 6.62. The fraction of sp³-hybridized carbons (Fsp3) is 0.923. The molecule has 0 N–H and O–H groups in total. The first-order chi connectivity index (χ1) is 8.27. The molecule has 1 atom stereocenters. The van der Waals surface area contributed by atoms with Crippen molar-refractivity contribution in [2.45, 2.75) is 32.6 Å². The van der Waals surface area contributed by atoms with Crippen LogP contribution < -0.4 is 0 Å². The quantitative estimate of drug-likeness (QED) is 0.666. The predicted molar refractivity (Wildman–Crippen MR) is 66.9 cm³/mol. The highest BCUT2D eigenvalue weighted by molar-refractivity contribution is 5.77. The lowest BCUT2D eigenvalue weighted by Gasteiger charge is -2.20. The largest absolute Gasteiger partial charge is 0.382 e. The van der Waals surface area contributed by atoms with Gasteiger partial charge in [0.1, 0.15) is 6.61 Å². The van der Waals surface area contributed by atoms with Crippen LogP contribution in [0.4, 0.5) is 0 Å². The molecule has 0 aromatic rings. The molecular formula is C13H25NO3. The third-order valence-electron chi connectivity index (χ3n) is 3.44. The molecule has 0 aliphatic carbocycles. The number of methoxy groups -OCH3 is 1. The van der Waals surface area contributed by atoms with Crippen LogP contribution in [0.25, 0.3) is 0 Å². The maximum atomic E-state index is 11.9. The van der Waals surface area contributed by atoms with Gasteiger partial charge in [0.25, 0.3) is 0 Å². The zero-order valence-corrected chi connectivity index (χ0v) is 11.1. The van der Waals surface area contributed by atoms with Gasteiger partial charge in [0.05, 0.1) is 13.2 Å². The molecule has 1 aliphatic rings. The third-order valence-corrected chi connectivity index (χ3v) is 3.44. The molecule has 1 rings (SSSR count). The molecule has 0 bridgehead atoms. The SMILES string of the molecule is CCC1CCCN(C(=O)COCCOC)CC1. The molecule has 17 heavy (non-hydrogen) atoms. The van der Waals surface area contributed by atoms with E-state index in [4.69, 9.17) is 9.47 Å². The molecule has 0 spiro atoms. The van der Waals surface area contributed by atoms with Crippen LogP contribution in [0.15, 0.2) is 0 Å². The number of hydrogen-bond donors (Lipinski definition) is 0. The molecule has 0 saturated carbocycles. The summed E-state index contributed by atoms with van der Waals surface area (Å²) in [4.78, 5) is 13.8. The molecular weight excluding hydrogens is 218 g/mol. The van der Waals surface area contributed by atoms with Crippen LogP contribution in [0.3, 0.4) is 0 Å². The Morgan fingerprint density at radius 3 is 2.82 bits per heavy atom. The van der Waals surface area contributed by atoms with Gasteiger partial charge < -0.3 is 14.4 Å². The van der Waals surface area contributed by atoms with Crippen molar-refractivity contribution in [2.24, 2.45) is 5.92 Å². The highest BCUT2D eigenvalue weighted by Crippen LogP contribution is 2.20. The lowest BCUT2D eigenvalue weighted by molar-refractivity contribution is -0.136. The smallest absolute Gasteiger partial charge is 0.248 e. The van der Waals surface area contributed by atoms with E-state index in [9.17, 15) is 4.79 Å². The van der Waals surface area contributed by atoms with Gasteiger partial charge in [-0.05, 0) is 25.2 Å². The maximum absolute atomic E-state index is 11.9. The highest BCUT2D eigenvalue weighted by atomic mass is 16.5. The second kappa shape index (κ2) is 8.48. The Hall–Kier alpha value is -0.610. The van der Waals surface area contributed by atoms with Crippen LogP contribution in [0.5, 0.6) is 0 Å². The van der Waals surface area contributed by atoms with Gasteiger partial charge in [-0.3, -0.25) is 4.79 Å². The van der Waals surface area contributed by atoms with Gasteiger partial charge in [0.2, 0.25) is 5.91 Å². The van der Waals surface area contributed by atoms with E-state index in [1.165, 1.54) is 12.8 Å². The van der Waals surface area contributed by atoms with Gasteiger partial charge >= 0.3 is 0 Å². The van der Waals surface area contributed by atoms with Crippen molar-refractivity contribution in [3.05, 3.63) is 0 Å². The van der Waals surface area contributed by atoms with E-state index in [0.717, 1.165) is 31.8 Å². The molecule has 4 heteroatoms. The average molecular weight is 243 g/mol. The van der Waals surface area contributed by atoms with Gasteiger partial charge in [0.15, 0.2) is 0 Å². The Morgan fingerprint density at radius 2 is 2.12 bits per heavy atom. The number of nitrogens with zero attached hydrogens (tertiary/aromatic N) is 1. The minimum atomic E-state index is 0.123. The van der Waals surface area contributed by atoms with Gasteiger partial charge in [-0.25, -0.2) is 0 Å². The van der Waals surface area contributed by atoms with Gasteiger partial charge in [-0.1, -0.05) is 13.3 Å². The number of carbonyl (C=O) groups excluding carboxylic acids is 1. The number of amides is 1. The van der Waals surface area contributed by atoms with Crippen molar-refractivity contribution < 1.29 is 14.3 Å². The summed E-state index contributed by atoms with van der Waals surface area (Å²) in [5.41, 5.74) is 0. The lowest BCUT2D eigenvalue weighted by atomic mass is 9.98. The van der Waals surface area contributed by atoms with Crippen LogP contribution in [-0.4, -0.2) is 50.8 Å². The third kappa shape index (κ3) is 5.50. The van der Waals surface area contributed by atoms with Crippen molar-refractivity contribution in [1.29, 1.82) is 0 Å². The van der Waals surface area contributed by atoms with E-state index < -0.39 is 0 Å².